The van der Waals surface area contributed by atoms with Crippen LogP contribution in [0.2, 0.25) is 0 Å². The molecule has 0 aliphatic heterocycles. The fourth-order valence-corrected chi connectivity index (χ4v) is 1.73. The molecule has 0 N–H and O–H groups in total. The van der Waals surface area contributed by atoms with E-state index >= 15 is 0 Å². The summed E-state index contributed by atoms with van der Waals surface area (Å²) in [5.74, 6) is -1.37. The summed E-state index contributed by atoms with van der Waals surface area (Å²) in [7, 11) is 1.47. The topological polar surface area (TPSA) is 49.4 Å². The third-order valence-electron chi connectivity index (χ3n) is 2.60. The lowest BCUT2D eigenvalue weighted by Gasteiger charge is -2.11. The number of hydrogen-bond acceptors (Lipinski definition) is 3. The van der Waals surface area contributed by atoms with Gasteiger partial charge in [0.15, 0.2) is 0 Å². The molecule has 0 atom stereocenters. The van der Waals surface area contributed by atoms with Crippen LogP contribution in [0.5, 0.6) is 5.75 Å². The second kappa shape index (κ2) is 4.87. The van der Waals surface area contributed by atoms with Gasteiger partial charge in [-0.3, -0.25) is 0 Å². The highest BCUT2D eigenvalue weighted by molar-refractivity contribution is 5.88. The number of para-hydroxylation sites is 1. The molecule has 0 saturated heterocycles. The summed E-state index contributed by atoms with van der Waals surface area (Å²) in [5.41, 5.74) is 0.604. The Balaban J connectivity index is 2.62. The van der Waals surface area contributed by atoms with Crippen LogP contribution in [-0.2, 0) is 0 Å². The first kappa shape index (κ1) is 12.1. The van der Waals surface area contributed by atoms with E-state index in [1.165, 1.54) is 19.2 Å². The summed E-state index contributed by atoms with van der Waals surface area (Å²) in [4.78, 5) is 10.8. The molecule has 92 valence electrons. The molecule has 0 amide bonds. The Morgan fingerprint density at radius 2 is 1.89 bits per heavy atom. The molecule has 0 fully saturated rings. The molecular weight excluding hydrogens is 235 g/mol. The van der Waals surface area contributed by atoms with Crippen molar-refractivity contribution < 1.29 is 19.0 Å². The van der Waals surface area contributed by atoms with E-state index in [1.807, 2.05) is 0 Å². The van der Waals surface area contributed by atoms with E-state index in [4.69, 9.17) is 4.74 Å². The number of rotatable bonds is 3. The van der Waals surface area contributed by atoms with Gasteiger partial charge in [0.05, 0.1) is 13.1 Å². The van der Waals surface area contributed by atoms with Gasteiger partial charge in [-0.15, -0.1) is 0 Å². The first-order valence-electron chi connectivity index (χ1n) is 5.27. The molecule has 0 aromatic heterocycles. The first-order valence-corrected chi connectivity index (χ1v) is 5.27. The number of aromatic carboxylic acids is 1. The lowest BCUT2D eigenvalue weighted by Crippen LogP contribution is -2.22. The largest absolute Gasteiger partial charge is 0.545 e. The smallest absolute Gasteiger partial charge is 0.131 e. The van der Waals surface area contributed by atoms with E-state index in [2.05, 4.69) is 0 Å². The van der Waals surface area contributed by atoms with Crippen LogP contribution < -0.4 is 9.84 Å². The van der Waals surface area contributed by atoms with E-state index in [0.29, 0.717) is 11.3 Å². The molecule has 0 aliphatic rings. The van der Waals surface area contributed by atoms with Gasteiger partial charge in [0.25, 0.3) is 0 Å². The predicted molar refractivity (Wildman–Crippen MR) is 62.7 cm³/mol. The van der Waals surface area contributed by atoms with E-state index in [9.17, 15) is 14.3 Å². The summed E-state index contributed by atoms with van der Waals surface area (Å²) < 4.78 is 18.9. The molecule has 2 aromatic carbocycles. The minimum atomic E-state index is -1.34. The number of halogens is 1. The highest BCUT2D eigenvalue weighted by atomic mass is 19.1. The lowest BCUT2D eigenvalue weighted by atomic mass is 10.0. The van der Waals surface area contributed by atoms with Crippen LogP contribution in [-0.4, -0.2) is 13.1 Å². The molecule has 0 heterocycles. The van der Waals surface area contributed by atoms with Gasteiger partial charge in [-0.2, -0.15) is 0 Å². The summed E-state index contributed by atoms with van der Waals surface area (Å²) >= 11 is 0. The molecule has 2 aromatic rings. The molecule has 0 saturated carbocycles. The van der Waals surface area contributed by atoms with Gasteiger partial charge in [-0.25, -0.2) is 4.39 Å². The van der Waals surface area contributed by atoms with Gasteiger partial charge in [0.1, 0.15) is 11.6 Å². The number of hydrogen-bond donors (Lipinski definition) is 0. The van der Waals surface area contributed by atoms with Crippen molar-refractivity contribution in [1.82, 2.24) is 0 Å². The standard InChI is InChI=1S/C14H11FO3/c1-18-13-5-3-2-4-10(13)11-8-9(14(16)17)6-7-12(11)15/h2-8H,1H3,(H,16,17)/p-1. The molecule has 18 heavy (non-hydrogen) atoms. The molecule has 4 heteroatoms. The SMILES string of the molecule is COc1ccccc1-c1cc(C(=O)[O-])ccc1F. The Morgan fingerprint density at radius 3 is 2.56 bits per heavy atom. The van der Waals surface area contributed by atoms with Gasteiger partial charge >= 0.3 is 0 Å². The quantitative estimate of drug-likeness (QED) is 0.829. The van der Waals surface area contributed by atoms with Crippen molar-refractivity contribution in [3.05, 3.63) is 53.8 Å². The van der Waals surface area contributed by atoms with Crippen LogP contribution in [0.25, 0.3) is 11.1 Å². The average Bonchev–Trinajstić information content (AvgIpc) is 2.39. The Hall–Kier alpha value is -2.36. The van der Waals surface area contributed by atoms with Crippen molar-refractivity contribution in [3.8, 4) is 16.9 Å². The van der Waals surface area contributed by atoms with Crippen molar-refractivity contribution >= 4 is 5.97 Å². The number of carboxylic acid groups (broad SMARTS) is 1. The molecule has 0 aliphatic carbocycles. The minimum absolute atomic E-state index is 0.0719. The van der Waals surface area contributed by atoms with Gasteiger partial charge in [0.2, 0.25) is 0 Å². The van der Waals surface area contributed by atoms with Crippen LogP contribution in [0.1, 0.15) is 10.4 Å². The van der Waals surface area contributed by atoms with Crippen LogP contribution in [0, 0.1) is 5.82 Å². The lowest BCUT2D eigenvalue weighted by molar-refractivity contribution is -0.255. The number of methoxy groups -OCH3 is 1. The predicted octanol–water partition coefficient (Wildman–Crippen LogP) is 1.86. The van der Waals surface area contributed by atoms with E-state index in [0.717, 1.165) is 6.07 Å². The monoisotopic (exact) mass is 245 g/mol. The molecule has 0 spiro atoms. The van der Waals surface area contributed by atoms with Crippen molar-refractivity contribution in [2.24, 2.45) is 0 Å². The first-order chi connectivity index (χ1) is 8.63. The third kappa shape index (κ3) is 2.18. The average molecular weight is 245 g/mol. The summed E-state index contributed by atoms with van der Waals surface area (Å²) in [6.45, 7) is 0. The fourth-order valence-electron chi connectivity index (χ4n) is 1.73. The van der Waals surface area contributed by atoms with Crippen LogP contribution >= 0.6 is 0 Å². The molecule has 0 unspecified atom stereocenters. The van der Waals surface area contributed by atoms with Gasteiger partial charge < -0.3 is 14.6 Å². The Bertz CT molecular complexity index is 593. The van der Waals surface area contributed by atoms with Gasteiger partial charge in [0, 0.05) is 11.1 Å². The van der Waals surface area contributed by atoms with Crippen molar-refractivity contribution in [3.63, 3.8) is 0 Å². The zero-order chi connectivity index (χ0) is 13.1. The minimum Gasteiger partial charge on any atom is -0.545 e. The maximum atomic E-state index is 13.8. The van der Waals surface area contributed by atoms with E-state index in [1.54, 1.807) is 24.3 Å². The molecule has 0 radical (unpaired) electrons. The highest BCUT2D eigenvalue weighted by Crippen LogP contribution is 2.31. The van der Waals surface area contributed by atoms with Crippen molar-refractivity contribution in [1.29, 1.82) is 0 Å². The Kier molecular flexibility index (Phi) is 3.28. The second-order valence-electron chi connectivity index (χ2n) is 3.68. The summed E-state index contributed by atoms with van der Waals surface area (Å²) in [6, 6.07) is 10.3. The maximum Gasteiger partial charge on any atom is 0.131 e. The van der Waals surface area contributed by atoms with E-state index in [-0.39, 0.29) is 11.1 Å². The molecule has 0 bridgehead atoms. The normalized spacial score (nSPS) is 10.1. The summed E-state index contributed by atoms with van der Waals surface area (Å²) in [5, 5.41) is 10.8. The molecule has 3 nitrogen and oxygen atoms in total. The van der Waals surface area contributed by atoms with Crippen molar-refractivity contribution in [2.75, 3.05) is 7.11 Å². The number of ether oxygens (including phenoxy) is 1. The van der Waals surface area contributed by atoms with Gasteiger partial charge in [-0.05, 0) is 23.8 Å². The fraction of sp³-hybridized carbons (Fsp3) is 0.0714. The maximum absolute atomic E-state index is 13.8. The van der Waals surface area contributed by atoms with E-state index < -0.39 is 11.8 Å². The Morgan fingerprint density at radius 1 is 1.17 bits per heavy atom. The highest BCUT2D eigenvalue weighted by Gasteiger charge is 2.11. The zero-order valence-corrected chi connectivity index (χ0v) is 9.64. The van der Waals surface area contributed by atoms with Crippen LogP contribution in [0.15, 0.2) is 42.5 Å². The number of carbonyl (C=O) groups excluding carboxylic acids is 1. The third-order valence-corrected chi connectivity index (χ3v) is 2.60. The molecular formula is C14H10FO3-. The zero-order valence-electron chi connectivity index (χ0n) is 9.64. The second-order valence-corrected chi connectivity index (χ2v) is 3.68. The number of carbonyl (C=O) groups is 1. The summed E-state index contributed by atoms with van der Waals surface area (Å²) in [6.07, 6.45) is 0. The molecule has 2 rings (SSSR count). The van der Waals surface area contributed by atoms with Gasteiger partial charge in [-0.1, -0.05) is 24.3 Å². The van der Waals surface area contributed by atoms with Crippen molar-refractivity contribution in [2.45, 2.75) is 0 Å². The van der Waals surface area contributed by atoms with Crippen LogP contribution in [0.3, 0.4) is 0 Å². The van der Waals surface area contributed by atoms with Crippen LogP contribution in [0.4, 0.5) is 4.39 Å². The number of carboxylic acids is 1. The number of benzene rings is 2. The Labute approximate surface area is 103 Å².